The lowest BCUT2D eigenvalue weighted by atomic mass is 10.3. The highest BCUT2D eigenvalue weighted by Gasteiger charge is 2.19. The molecule has 3 N–H and O–H groups in total. The highest BCUT2D eigenvalue weighted by molar-refractivity contribution is 8.00. The molecule has 0 fully saturated rings. The Hall–Kier alpha value is -2.22. The number of thioether (sulfide) groups is 1. The number of aromatic nitrogens is 3. The first-order chi connectivity index (χ1) is 10.6. The van der Waals surface area contributed by atoms with Gasteiger partial charge in [0, 0.05) is 6.42 Å². The second kappa shape index (κ2) is 7.17. The number of para-hydroxylation sites is 2. The van der Waals surface area contributed by atoms with Crippen molar-refractivity contribution >= 4 is 23.4 Å². The van der Waals surface area contributed by atoms with Gasteiger partial charge in [-0.2, -0.15) is 0 Å². The van der Waals surface area contributed by atoms with Gasteiger partial charge in [0.15, 0.2) is 5.82 Å². The predicted molar refractivity (Wildman–Crippen MR) is 86.5 cm³/mol. The van der Waals surface area contributed by atoms with Gasteiger partial charge in [-0.3, -0.25) is 4.79 Å². The monoisotopic (exact) mass is 321 g/mol. The molecule has 1 atom stereocenters. The second-order valence-corrected chi connectivity index (χ2v) is 5.88. The van der Waals surface area contributed by atoms with E-state index in [4.69, 9.17) is 10.6 Å². The number of hydrogen-bond acceptors (Lipinski definition) is 6. The first-order valence-corrected chi connectivity index (χ1v) is 7.74. The number of carbonyl (C=O) groups is 1. The summed E-state index contributed by atoms with van der Waals surface area (Å²) in [7, 11) is 1.56. The van der Waals surface area contributed by atoms with Crippen LogP contribution in [-0.2, 0) is 11.2 Å². The average Bonchev–Trinajstić information content (AvgIpc) is 2.88. The number of benzene rings is 1. The van der Waals surface area contributed by atoms with Crippen molar-refractivity contribution in [1.82, 2.24) is 14.9 Å². The van der Waals surface area contributed by atoms with E-state index in [0.29, 0.717) is 28.8 Å². The number of amides is 1. The van der Waals surface area contributed by atoms with Gasteiger partial charge in [0.2, 0.25) is 11.1 Å². The molecule has 0 aliphatic rings. The van der Waals surface area contributed by atoms with Crippen molar-refractivity contribution < 1.29 is 9.53 Å². The number of hydrogen-bond donors (Lipinski definition) is 2. The number of rotatable bonds is 6. The van der Waals surface area contributed by atoms with Gasteiger partial charge in [0.25, 0.3) is 0 Å². The van der Waals surface area contributed by atoms with Gasteiger partial charge in [-0.15, -0.1) is 10.2 Å². The summed E-state index contributed by atoms with van der Waals surface area (Å²) in [5.41, 5.74) is 0.630. The largest absolute Gasteiger partial charge is 0.495 e. The van der Waals surface area contributed by atoms with Crippen molar-refractivity contribution in [3.05, 3.63) is 30.1 Å². The van der Waals surface area contributed by atoms with Gasteiger partial charge in [-0.05, 0) is 19.1 Å². The molecule has 0 spiro atoms. The van der Waals surface area contributed by atoms with Crippen LogP contribution in [0.4, 0.5) is 5.69 Å². The number of nitrogens with one attached hydrogen (secondary N) is 1. The van der Waals surface area contributed by atoms with E-state index in [1.165, 1.54) is 16.4 Å². The van der Waals surface area contributed by atoms with Crippen LogP contribution in [0.3, 0.4) is 0 Å². The van der Waals surface area contributed by atoms with Crippen LogP contribution < -0.4 is 15.9 Å². The van der Waals surface area contributed by atoms with Crippen LogP contribution >= 0.6 is 11.8 Å². The topological polar surface area (TPSA) is 95.1 Å². The maximum absolute atomic E-state index is 12.3. The van der Waals surface area contributed by atoms with Crippen molar-refractivity contribution in [2.75, 3.05) is 18.3 Å². The van der Waals surface area contributed by atoms with Crippen LogP contribution in [0, 0.1) is 0 Å². The van der Waals surface area contributed by atoms with Crippen LogP contribution in [0.15, 0.2) is 29.4 Å². The van der Waals surface area contributed by atoms with Crippen LogP contribution in [0.1, 0.15) is 19.7 Å². The molecule has 0 saturated heterocycles. The zero-order valence-corrected chi connectivity index (χ0v) is 13.6. The van der Waals surface area contributed by atoms with E-state index < -0.39 is 0 Å². The number of nitrogens with zero attached hydrogens (tertiary/aromatic N) is 3. The standard InChI is InChI=1S/C14H19N5O2S/c1-4-12-17-18-14(19(12)15)22-9(2)13(20)16-10-7-5-6-8-11(10)21-3/h5-9H,4,15H2,1-3H3,(H,16,20)/t9-/m0/s1. The van der Waals surface area contributed by atoms with E-state index in [1.807, 2.05) is 19.1 Å². The fourth-order valence-corrected chi connectivity index (χ4v) is 2.61. The minimum absolute atomic E-state index is 0.157. The molecular formula is C14H19N5O2S. The molecule has 118 valence electrons. The number of aryl methyl sites for hydroxylation is 1. The minimum atomic E-state index is -0.374. The SMILES string of the molecule is CCc1nnc(S[C@@H](C)C(=O)Nc2ccccc2OC)n1N. The van der Waals surface area contributed by atoms with Gasteiger partial charge < -0.3 is 15.9 Å². The van der Waals surface area contributed by atoms with Crippen molar-refractivity contribution in [2.24, 2.45) is 0 Å². The molecule has 0 unspecified atom stereocenters. The third-order valence-corrected chi connectivity index (χ3v) is 4.12. The lowest BCUT2D eigenvalue weighted by molar-refractivity contribution is -0.115. The van der Waals surface area contributed by atoms with Gasteiger partial charge in [0.1, 0.15) is 5.75 Å². The van der Waals surface area contributed by atoms with Gasteiger partial charge in [-0.25, -0.2) is 4.68 Å². The molecule has 2 aromatic rings. The Morgan fingerprint density at radius 3 is 2.82 bits per heavy atom. The van der Waals surface area contributed by atoms with Crippen LogP contribution in [0.2, 0.25) is 0 Å². The van der Waals surface area contributed by atoms with Gasteiger partial charge >= 0.3 is 0 Å². The van der Waals surface area contributed by atoms with Crippen molar-refractivity contribution in [2.45, 2.75) is 30.7 Å². The normalized spacial score (nSPS) is 12.0. The molecule has 1 aromatic heterocycles. The Bertz CT molecular complexity index is 658. The summed E-state index contributed by atoms with van der Waals surface area (Å²) in [6.45, 7) is 3.73. The highest BCUT2D eigenvalue weighted by atomic mass is 32.2. The first kappa shape index (κ1) is 16.2. The summed E-state index contributed by atoms with van der Waals surface area (Å²) >= 11 is 1.26. The summed E-state index contributed by atoms with van der Waals surface area (Å²) in [6.07, 6.45) is 0.686. The van der Waals surface area contributed by atoms with Gasteiger partial charge in [0.05, 0.1) is 18.0 Å². The van der Waals surface area contributed by atoms with Crippen LogP contribution in [0.25, 0.3) is 0 Å². The lowest BCUT2D eigenvalue weighted by Crippen LogP contribution is -2.24. The number of nitrogen functional groups attached to an aromatic ring is 1. The van der Waals surface area contributed by atoms with Crippen molar-refractivity contribution in [3.63, 3.8) is 0 Å². The number of anilines is 1. The molecule has 0 bridgehead atoms. The Balaban J connectivity index is 2.04. The summed E-state index contributed by atoms with van der Waals surface area (Å²) in [5, 5.41) is 10.9. The van der Waals surface area contributed by atoms with E-state index in [0.717, 1.165) is 0 Å². The second-order valence-electron chi connectivity index (χ2n) is 4.57. The zero-order chi connectivity index (χ0) is 16.1. The third kappa shape index (κ3) is 3.51. The molecule has 22 heavy (non-hydrogen) atoms. The van der Waals surface area contributed by atoms with Gasteiger partial charge in [-0.1, -0.05) is 30.8 Å². The summed E-state index contributed by atoms with van der Waals surface area (Å²) in [5.74, 6) is 7.02. The number of ether oxygens (including phenoxy) is 1. The van der Waals surface area contributed by atoms with E-state index in [9.17, 15) is 4.79 Å². The smallest absolute Gasteiger partial charge is 0.237 e. The maximum atomic E-state index is 12.3. The predicted octanol–water partition coefficient (Wildman–Crippen LogP) is 1.68. The molecule has 0 radical (unpaired) electrons. The first-order valence-electron chi connectivity index (χ1n) is 6.86. The lowest BCUT2D eigenvalue weighted by Gasteiger charge is -2.13. The van der Waals surface area contributed by atoms with Crippen molar-refractivity contribution in [3.8, 4) is 5.75 Å². The molecule has 0 saturated carbocycles. The summed E-state index contributed by atoms with van der Waals surface area (Å²) in [6, 6.07) is 7.25. The van der Waals surface area contributed by atoms with Crippen LogP contribution in [0.5, 0.6) is 5.75 Å². The average molecular weight is 321 g/mol. The molecule has 0 aliphatic carbocycles. The number of carbonyl (C=O) groups excluding carboxylic acids is 1. The van der Waals surface area contributed by atoms with Crippen molar-refractivity contribution in [1.29, 1.82) is 0 Å². The number of nitrogens with two attached hydrogens (primary N) is 1. The fraction of sp³-hybridized carbons (Fsp3) is 0.357. The van der Waals surface area contributed by atoms with E-state index in [1.54, 1.807) is 26.2 Å². The molecule has 0 aliphatic heterocycles. The molecule has 2 rings (SSSR count). The fourth-order valence-electron chi connectivity index (χ4n) is 1.82. The molecule has 1 heterocycles. The molecule has 8 heteroatoms. The molecule has 7 nitrogen and oxygen atoms in total. The zero-order valence-electron chi connectivity index (χ0n) is 12.7. The third-order valence-electron chi connectivity index (χ3n) is 3.07. The van der Waals surface area contributed by atoms with E-state index in [-0.39, 0.29) is 11.2 Å². The number of methoxy groups -OCH3 is 1. The minimum Gasteiger partial charge on any atom is -0.495 e. The molecule has 1 amide bonds. The summed E-state index contributed by atoms with van der Waals surface area (Å²) in [4.78, 5) is 12.3. The van der Waals surface area contributed by atoms with E-state index >= 15 is 0 Å². The molecule has 1 aromatic carbocycles. The Morgan fingerprint density at radius 2 is 2.18 bits per heavy atom. The quantitative estimate of drug-likeness (QED) is 0.621. The van der Waals surface area contributed by atoms with Crippen LogP contribution in [-0.4, -0.2) is 33.1 Å². The highest BCUT2D eigenvalue weighted by Crippen LogP contribution is 2.26. The Morgan fingerprint density at radius 1 is 1.45 bits per heavy atom. The van der Waals surface area contributed by atoms with E-state index in [2.05, 4.69) is 15.5 Å². The summed E-state index contributed by atoms with van der Waals surface area (Å²) < 4.78 is 6.63. The molecular weight excluding hydrogens is 302 g/mol. The Labute approximate surface area is 133 Å². The Kier molecular flexibility index (Phi) is 5.26. The maximum Gasteiger partial charge on any atom is 0.237 e.